The van der Waals surface area contributed by atoms with Gasteiger partial charge in [0, 0.05) is 13.1 Å². The van der Waals surface area contributed by atoms with Crippen LogP contribution in [-0.2, 0) is 7.05 Å². The Hall–Kier alpha value is -1.33. The van der Waals surface area contributed by atoms with Crippen molar-refractivity contribution >= 4 is 28.8 Å². The summed E-state index contributed by atoms with van der Waals surface area (Å²) < 4.78 is 2.44. The summed E-state index contributed by atoms with van der Waals surface area (Å²) in [5, 5.41) is 7.18. The Morgan fingerprint density at radius 3 is 2.94 bits per heavy atom. The fourth-order valence-corrected chi connectivity index (χ4v) is 2.84. The zero-order valence-electron chi connectivity index (χ0n) is 9.81. The Labute approximate surface area is 114 Å². The van der Waals surface area contributed by atoms with Crippen LogP contribution in [0.2, 0.25) is 4.34 Å². The number of nitrogens with one attached hydrogen (secondary N) is 1. The lowest BCUT2D eigenvalue weighted by atomic mass is 10.3. The summed E-state index contributed by atoms with van der Waals surface area (Å²) in [5.41, 5.74) is 1.37. The van der Waals surface area contributed by atoms with Crippen LogP contribution in [-0.4, -0.2) is 21.7 Å². The van der Waals surface area contributed by atoms with Crippen molar-refractivity contribution in [3.63, 3.8) is 0 Å². The van der Waals surface area contributed by atoms with Crippen LogP contribution in [0.5, 0.6) is 0 Å². The zero-order chi connectivity index (χ0) is 12.7. The Morgan fingerprint density at radius 2 is 2.33 bits per heavy atom. The van der Waals surface area contributed by atoms with Gasteiger partial charge in [-0.3, -0.25) is 9.48 Å². The predicted octanol–water partition coefficient (Wildman–Crippen LogP) is 2.69. The molecule has 2 aromatic heterocycles. The summed E-state index contributed by atoms with van der Waals surface area (Å²) in [6.45, 7) is 0. The molecule has 1 saturated carbocycles. The van der Waals surface area contributed by atoms with Crippen molar-refractivity contribution in [1.82, 2.24) is 15.1 Å². The molecule has 0 spiro atoms. The van der Waals surface area contributed by atoms with Crippen molar-refractivity contribution in [1.29, 1.82) is 0 Å². The third-order valence-electron chi connectivity index (χ3n) is 2.85. The normalized spacial score (nSPS) is 14.8. The number of aryl methyl sites for hydroxylation is 1. The van der Waals surface area contributed by atoms with E-state index in [2.05, 4.69) is 10.4 Å². The van der Waals surface area contributed by atoms with E-state index in [1.807, 2.05) is 19.2 Å². The zero-order valence-corrected chi connectivity index (χ0v) is 11.4. The number of rotatable bonds is 3. The topological polar surface area (TPSA) is 46.9 Å². The van der Waals surface area contributed by atoms with Crippen LogP contribution in [0.4, 0.5) is 0 Å². The molecule has 1 aliphatic carbocycles. The molecule has 1 amide bonds. The number of nitrogens with zero attached hydrogens (tertiary/aromatic N) is 2. The van der Waals surface area contributed by atoms with E-state index in [0.29, 0.717) is 11.7 Å². The molecule has 0 bridgehead atoms. The number of carbonyl (C=O) groups excluding carboxylic acids is 1. The number of thiophene rings is 1. The molecule has 0 saturated heterocycles. The lowest BCUT2D eigenvalue weighted by Crippen LogP contribution is -2.25. The summed E-state index contributed by atoms with van der Waals surface area (Å²) in [6.07, 6.45) is 2.15. The van der Waals surface area contributed by atoms with Crippen LogP contribution in [0.15, 0.2) is 18.2 Å². The van der Waals surface area contributed by atoms with Crippen molar-refractivity contribution in [2.45, 2.75) is 18.9 Å². The fraction of sp³-hybridized carbons (Fsp3) is 0.333. The molecule has 18 heavy (non-hydrogen) atoms. The maximum Gasteiger partial charge on any atom is 0.272 e. The fourth-order valence-electron chi connectivity index (χ4n) is 1.75. The number of hydrogen-bond acceptors (Lipinski definition) is 3. The Bertz CT molecular complexity index is 600. The van der Waals surface area contributed by atoms with E-state index < -0.39 is 0 Å². The van der Waals surface area contributed by atoms with Gasteiger partial charge in [-0.1, -0.05) is 11.6 Å². The van der Waals surface area contributed by atoms with E-state index in [4.69, 9.17) is 11.6 Å². The summed E-state index contributed by atoms with van der Waals surface area (Å²) >= 11 is 7.40. The molecule has 1 aliphatic rings. The maximum atomic E-state index is 11.9. The molecule has 0 aliphatic heterocycles. The number of aromatic nitrogens is 2. The van der Waals surface area contributed by atoms with E-state index in [1.54, 1.807) is 10.7 Å². The highest BCUT2D eigenvalue weighted by Gasteiger charge is 2.25. The van der Waals surface area contributed by atoms with Crippen molar-refractivity contribution < 1.29 is 4.79 Å². The van der Waals surface area contributed by atoms with Crippen molar-refractivity contribution in [2.24, 2.45) is 7.05 Å². The third-order valence-corrected chi connectivity index (χ3v) is 4.10. The first-order valence-electron chi connectivity index (χ1n) is 5.74. The number of amides is 1. The van der Waals surface area contributed by atoms with Crippen LogP contribution >= 0.6 is 22.9 Å². The van der Waals surface area contributed by atoms with Gasteiger partial charge in [0.1, 0.15) is 0 Å². The summed E-state index contributed by atoms with van der Waals surface area (Å²) in [4.78, 5) is 12.9. The monoisotopic (exact) mass is 281 g/mol. The Morgan fingerprint density at radius 1 is 1.56 bits per heavy atom. The molecule has 2 heterocycles. The van der Waals surface area contributed by atoms with Gasteiger partial charge in [0.2, 0.25) is 0 Å². The summed E-state index contributed by atoms with van der Waals surface area (Å²) in [6, 6.07) is 5.93. The molecule has 4 nitrogen and oxygen atoms in total. The van der Waals surface area contributed by atoms with Crippen molar-refractivity contribution in [2.75, 3.05) is 0 Å². The smallest absolute Gasteiger partial charge is 0.272 e. The van der Waals surface area contributed by atoms with Crippen molar-refractivity contribution in [3.05, 3.63) is 28.2 Å². The van der Waals surface area contributed by atoms with Gasteiger partial charge < -0.3 is 5.32 Å². The predicted molar refractivity (Wildman–Crippen MR) is 72.0 cm³/mol. The second-order valence-corrected chi connectivity index (χ2v) is 6.11. The first kappa shape index (κ1) is 11.7. The standard InChI is InChI=1S/C12H12ClN3OS/c1-16-9(10-4-5-11(13)18-10)6-8(15-16)12(17)14-7-2-3-7/h4-7H,2-3H2,1H3,(H,14,17). The molecule has 0 radical (unpaired) electrons. The minimum atomic E-state index is -0.0954. The van der Waals surface area contributed by atoms with E-state index in [9.17, 15) is 4.79 Å². The molecule has 0 atom stereocenters. The number of hydrogen-bond donors (Lipinski definition) is 1. The molecule has 3 rings (SSSR count). The van der Waals surface area contributed by atoms with Crippen LogP contribution in [0.3, 0.4) is 0 Å². The quantitative estimate of drug-likeness (QED) is 0.940. The molecule has 0 aromatic carbocycles. The van der Waals surface area contributed by atoms with Gasteiger partial charge in [0.15, 0.2) is 5.69 Å². The molecular weight excluding hydrogens is 270 g/mol. The van der Waals surface area contributed by atoms with Gasteiger partial charge in [-0.25, -0.2) is 0 Å². The van der Waals surface area contributed by atoms with Crippen LogP contribution in [0.25, 0.3) is 10.6 Å². The number of halogens is 1. The largest absolute Gasteiger partial charge is 0.348 e. The van der Waals surface area contributed by atoms with E-state index in [-0.39, 0.29) is 5.91 Å². The molecule has 1 fully saturated rings. The molecule has 6 heteroatoms. The maximum absolute atomic E-state index is 11.9. The van der Waals surface area contributed by atoms with Gasteiger partial charge in [0.05, 0.1) is 14.9 Å². The van der Waals surface area contributed by atoms with E-state index in [0.717, 1.165) is 27.7 Å². The SMILES string of the molecule is Cn1nc(C(=O)NC2CC2)cc1-c1ccc(Cl)s1. The van der Waals surface area contributed by atoms with Gasteiger partial charge in [-0.2, -0.15) is 5.10 Å². The van der Waals surface area contributed by atoms with Gasteiger partial charge in [0.25, 0.3) is 5.91 Å². The first-order chi connectivity index (χ1) is 8.63. The average Bonchev–Trinajstić information content (AvgIpc) is 2.89. The van der Waals surface area contributed by atoms with Gasteiger partial charge >= 0.3 is 0 Å². The highest BCUT2D eigenvalue weighted by molar-refractivity contribution is 7.19. The van der Waals surface area contributed by atoms with Crippen LogP contribution in [0, 0.1) is 0 Å². The van der Waals surface area contributed by atoms with Gasteiger partial charge in [-0.05, 0) is 31.0 Å². The molecule has 1 N–H and O–H groups in total. The lowest BCUT2D eigenvalue weighted by Gasteiger charge is -1.97. The molecule has 2 aromatic rings. The van der Waals surface area contributed by atoms with Crippen LogP contribution in [0.1, 0.15) is 23.3 Å². The average molecular weight is 282 g/mol. The van der Waals surface area contributed by atoms with Crippen molar-refractivity contribution in [3.8, 4) is 10.6 Å². The van der Waals surface area contributed by atoms with E-state index >= 15 is 0 Å². The Balaban J connectivity index is 1.87. The third kappa shape index (κ3) is 2.28. The van der Waals surface area contributed by atoms with Crippen LogP contribution < -0.4 is 5.32 Å². The minimum absolute atomic E-state index is 0.0954. The van der Waals surface area contributed by atoms with Gasteiger partial charge in [-0.15, -0.1) is 11.3 Å². The summed E-state index contributed by atoms with van der Waals surface area (Å²) in [5.74, 6) is -0.0954. The second-order valence-electron chi connectivity index (χ2n) is 4.39. The molecule has 94 valence electrons. The first-order valence-corrected chi connectivity index (χ1v) is 6.93. The highest BCUT2D eigenvalue weighted by atomic mass is 35.5. The highest BCUT2D eigenvalue weighted by Crippen LogP contribution is 2.31. The number of carbonyl (C=O) groups is 1. The Kier molecular flexibility index (Phi) is 2.87. The molecular formula is C12H12ClN3OS. The van der Waals surface area contributed by atoms with E-state index in [1.165, 1.54) is 11.3 Å². The second kappa shape index (κ2) is 4.40. The minimum Gasteiger partial charge on any atom is -0.348 e. The summed E-state index contributed by atoms with van der Waals surface area (Å²) in [7, 11) is 1.83. The lowest BCUT2D eigenvalue weighted by molar-refractivity contribution is 0.0945. The molecule has 0 unspecified atom stereocenters.